The predicted molar refractivity (Wildman–Crippen MR) is 55.8 cm³/mol. The summed E-state index contributed by atoms with van der Waals surface area (Å²) < 4.78 is 0. The topological polar surface area (TPSA) is 49.3 Å². The highest BCUT2D eigenvalue weighted by Crippen LogP contribution is 2.18. The van der Waals surface area contributed by atoms with E-state index in [4.69, 9.17) is 0 Å². The number of carbonyl (C=O) groups excluding carboxylic acids is 1. The van der Waals surface area contributed by atoms with Gasteiger partial charge in [-0.3, -0.25) is 4.79 Å². The maximum atomic E-state index is 11.4. The minimum absolute atomic E-state index is 0.0492. The van der Waals surface area contributed by atoms with Crippen LogP contribution in [-0.4, -0.2) is 23.2 Å². The lowest BCUT2D eigenvalue weighted by molar-refractivity contribution is -0.118. The number of aliphatic hydroxyl groups excluding tert-OH is 1. The Morgan fingerprint density at radius 3 is 2.57 bits per heavy atom. The van der Waals surface area contributed by atoms with Crippen LogP contribution in [0.15, 0.2) is 11.6 Å². The highest BCUT2D eigenvalue weighted by atomic mass is 16.3. The molecule has 0 bridgehead atoms. The molecule has 80 valence electrons. The van der Waals surface area contributed by atoms with Crippen molar-refractivity contribution in [2.24, 2.45) is 0 Å². The van der Waals surface area contributed by atoms with Gasteiger partial charge in [0.15, 0.2) is 0 Å². The Balaban J connectivity index is 2.42. The van der Waals surface area contributed by atoms with E-state index in [1.165, 1.54) is 0 Å². The monoisotopic (exact) mass is 197 g/mol. The van der Waals surface area contributed by atoms with Crippen LogP contribution in [0.1, 0.15) is 39.5 Å². The van der Waals surface area contributed by atoms with Crippen molar-refractivity contribution in [3.63, 3.8) is 0 Å². The molecular weight excluding hydrogens is 178 g/mol. The number of hydrogen-bond donors (Lipinski definition) is 2. The van der Waals surface area contributed by atoms with Crippen molar-refractivity contribution in [2.75, 3.05) is 0 Å². The van der Waals surface area contributed by atoms with Crippen molar-refractivity contribution in [1.29, 1.82) is 0 Å². The predicted octanol–water partition coefficient (Wildman–Crippen LogP) is 1.37. The van der Waals surface area contributed by atoms with Crippen molar-refractivity contribution < 1.29 is 9.90 Å². The molecule has 14 heavy (non-hydrogen) atoms. The molecule has 1 fully saturated rings. The van der Waals surface area contributed by atoms with E-state index in [2.05, 4.69) is 5.32 Å². The van der Waals surface area contributed by atoms with Crippen LogP contribution in [-0.2, 0) is 4.79 Å². The first-order valence-electron chi connectivity index (χ1n) is 5.23. The average molecular weight is 197 g/mol. The molecule has 2 atom stereocenters. The lowest BCUT2D eigenvalue weighted by atomic mass is 9.92. The van der Waals surface area contributed by atoms with Gasteiger partial charge in [-0.1, -0.05) is 18.4 Å². The second kappa shape index (κ2) is 5.15. The van der Waals surface area contributed by atoms with Crippen molar-refractivity contribution >= 4 is 5.91 Å². The summed E-state index contributed by atoms with van der Waals surface area (Å²) >= 11 is 0. The summed E-state index contributed by atoms with van der Waals surface area (Å²) in [5.41, 5.74) is 0.979. The molecule has 0 heterocycles. The van der Waals surface area contributed by atoms with Crippen LogP contribution >= 0.6 is 0 Å². The Kier molecular flexibility index (Phi) is 4.14. The van der Waals surface area contributed by atoms with E-state index >= 15 is 0 Å². The molecule has 0 spiro atoms. The molecule has 0 unspecified atom stereocenters. The van der Waals surface area contributed by atoms with Gasteiger partial charge in [0, 0.05) is 6.08 Å². The normalized spacial score (nSPS) is 26.8. The fraction of sp³-hybridized carbons (Fsp3) is 0.727. The molecule has 3 heteroatoms. The molecule has 1 amide bonds. The number of amides is 1. The third kappa shape index (κ3) is 3.50. The Bertz CT molecular complexity index is 231. The smallest absolute Gasteiger partial charge is 0.244 e. The highest BCUT2D eigenvalue weighted by molar-refractivity contribution is 5.88. The number of allylic oxidation sites excluding steroid dienone is 1. The Morgan fingerprint density at radius 1 is 1.36 bits per heavy atom. The van der Waals surface area contributed by atoms with Gasteiger partial charge in [0.25, 0.3) is 0 Å². The summed E-state index contributed by atoms with van der Waals surface area (Å²) in [5.74, 6) is -0.0871. The van der Waals surface area contributed by atoms with Crippen molar-refractivity contribution in [3.8, 4) is 0 Å². The second-order valence-electron chi connectivity index (χ2n) is 4.19. The zero-order valence-corrected chi connectivity index (χ0v) is 8.92. The molecule has 0 saturated heterocycles. The molecule has 0 aliphatic heterocycles. The first-order chi connectivity index (χ1) is 6.59. The van der Waals surface area contributed by atoms with Crippen LogP contribution in [0.3, 0.4) is 0 Å². The van der Waals surface area contributed by atoms with Gasteiger partial charge in [-0.2, -0.15) is 0 Å². The molecule has 0 aromatic heterocycles. The average Bonchev–Trinajstić information content (AvgIpc) is 2.07. The minimum Gasteiger partial charge on any atom is -0.391 e. The molecule has 3 nitrogen and oxygen atoms in total. The fourth-order valence-corrected chi connectivity index (χ4v) is 1.77. The van der Waals surface area contributed by atoms with Crippen LogP contribution < -0.4 is 5.32 Å². The van der Waals surface area contributed by atoms with E-state index in [-0.39, 0.29) is 18.1 Å². The third-order valence-corrected chi connectivity index (χ3v) is 2.48. The maximum Gasteiger partial charge on any atom is 0.244 e. The van der Waals surface area contributed by atoms with Gasteiger partial charge in [0.2, 0.25) is 5.91 Å². The summed E-state index contributed by atoms with van der Waals surface area (Å²) in [6, 6.07) is -0.0492. The standard InChI is InChI=1S/C11H19NO2/c1-8(2)7-11(14)12-9-5-3-4-6-10(9)13/h7,9-10,13H,3-6H2,1-2H3,(H,12,14)/t9-,10-/m0/s1. The van der Waals surface area contributed by atoms with E-state index in [9.17, 15) is 9.90 Å². The van der Waals surface area contributed by atoms with E-state index < -0.39 is 0 Å². The lowest BCUT2D eigenvalue weighted by Gasteiger charge is -2.27. The fourth-order valence-electron chi connectivity index (χ4n) is 1.77. The maximum absolute atomic E-state index is 11.4. The van der Waals surface area contributed by atoms with Crippen molar-refractivity contribution in [1.82, 2.24) is 5.32 Å². The van der Waals surface area contributed by atoms with Crippen LogP contribution in [0.25, 0.3) is 0 Å². The van der Waals surface area contributed by atoms with Gasteiger partial charge >= 0.3 is 0 Å². The molecule has 1 rings (SSSR count). The van der Waals surface area contributed by atoms with Gasteiger partial charge in [0.05, 0.1) is 12.1 Å². The van der Waals surface area contributed by atoms with Gasteiger partial charge < -0.3 is 10.4 Å². The van der Waals surface area contributed by atoms with Gasteiger partial charge in [-0.15, -0.1) is 0 Å². The second-order valence-corrected chi connectivity index (χ2v) is 4.19. The number of nitrogens with one attached hydrogen (secondary N) is 1. The Morgan fingerprint density at radius 2 is 2.00 bits per heavy atom. The van der Waals surface area contributed by atoms with Crippen LogP contribution in [0.4, 0.5) is 0 Å². The number of rotatable bonds is 2. The zero-order chi connectivity index (χ0) is 10.6. The van der Waals surface area contributed by atoms with E-state index in [1.54, 1.807) is 6.08 Å². The quantitative estimate of drug-likeness (QED) is 0.657. The van der Waals surface area contributed by atoms with E-state index in [1.807, 2.05) is 13.8 Å². The molecule has 0 aromatic rings. The first kappa shape index (κ1) is 11.2. The molecule has 0 aromatic carbocycles. The molecular formula is C11H19NO2. The minimum atomic E-state index is -0.363. The summed E-state index contributed by atoms with van der Waals surface area (Å²) in [6.07, 6.45) is 5.07. The van der Waals surface area contributed by atoms with Crippen LogP contribution in [0.5, 0.6) is 0 Å². The summed E-state index contributed by atoms with van der Waals surface area (Å²) in [4.78, 5) is 11.4. The molecule has 0 radical (unpaired) electrons. The van der Waals surface area contributed by atoms with Gasteiger partial charge in [0.1, 0.15) is 0 Å². The van der Waals surface area contributed by atoms with Crippen molar-refractivity contribution in [2.45, 2.75) is 51.7 Å². The van der Waals surface area contributed by atoms with Crippen LogP contribution in [0, 0.1) is 0 Å². The molecule has 2 N–H and O–H groups in total. The van der Waals surface area contributed by atoms with Crippen LogP contribution in [0.2, 0.25) is 0 Å². The molecule has 1 saturated carbocycles. The van der Waals surface area contributed by atoms with Gasteiger partial charge in [-0.25, -0.2) is 0 Å². The highest BCUT2D eigenvalue weighted by Gasteiger charge is 2.23. The zero-order valence-electron chi connectivity index (χ0n) is 8.92. The lowest BCUT2D eigenvalue weighted by Crippen LogP contribution is -2.44. The SMILES string of the molecule is CC(C)=CC(=O)N[C@H]1CCCC[C@@H]1O. The van der Waals surface area contributed by atoms with Crippen molar-refractivity contribution in [3.05, 3.63) is 11.6 Å². The Labute approximate surface area is 85.2 Å². The van der Waals surface area contributed by atoms with Gasteiger partial charge in [-0.05, 0) is 26.7 Å². The summed E-state index contributed by atoms with van der Waals surface area (Å²) in [5, 5.41) is 12.5. The summed E-state index contributed by atoms with van der Waals surface area (Å²) in [7, 11) is 0. The Hall–Kier alpha value is -0.830. The third-order valence-electron chi connectivity index (χ3n) is 2.48. The summed E-state index contributed by atoms with van der Waals surface area (Å²) in [6.45, 7) is 3.77. The van der Waals surface area contributed by atoms with E-state index in [0.717, 1.165) is 31.3 Å². The number of carbonyl (C=O) groups is 1. The molecule has 1 aliphatic carbocycles. The molecule has 1 aliphatic rings. The largest absolute Gasteiger partial charge is 0.391 e. The number of aliphatic hydroxyl groups is 1. The van der Waals surface area contributed by atoms with E-state index in [0.29, 0.717) is 0 Å². The first-order valence-corrected chi connectivity index (χ1v) is 5.23. The number of hydrogen-bond acceptors (Lipinski definition) is 2.